The third-order valence-electron chi connectivity index (χ3n) is 3.93. The van der Waals surface area contributed by atoms with Crippen LogP contribution in [0.4, 0.5) is 0 Å². The SMILES string of the molecule is CCCCCCCCCCC(NN)c1ncccc1C. The molecule has 0 spiro atoms. The van der Waals surface area contributed by atoms with E-state index in [9.17, 15) is 0 Å². The molecular weight excluding hydrogens is 246 g/mol. The lowest BCUT2D eigenvalue weighted by atomic mass is 10.0. The number of unbranched alkanes of at least 4 members (excludes halogenated alkanes) is 7. The van der Waals surface area contributed by atoms with Gasteiger partial charge in [-0.1, -0.05) is 64.4 Å². The third-order valence-corrected chi connectivity index (χ3v) is 3.93. The molecule has 20 heavy (non-hydrogen) atoms. The molecule has 3 N–H and O–H groups in total. The molecule has 1 aromatic heterocycles. The normalized spacial score (nSPS) is 12.6. The summed E-state index contributed by atoms with van der Waals surface area (Å²) >= 11 is 0. The summed E-state index contributed by atoms with van der Waals surface area (Å²) in [4.78, 5) is 4.46. The van der Waals surface area contributed by atoms with Gasteiger partial charge in [0.1, 0.15) is 0 Å². The maximum atomic E-state index is 5.68. The highest BCUT2D eigenvalue weighted by Gasteiger charge is 2.12. The van der Waals surface area contributed by atoms with E-state index in [1.165, 1.54) is 56.9 Å². The first-order chi connectivity index (χ1) is 9.79. The minimum absolute atomic E-state index is 0.191. The van der Waals surface area contributed by atoms with Gasteiger partial charge in [-0.2, -0.15) is 0 Å². The summed E-state index contributed by atoms with van der Waals surface area (Å²) in [5.74, 6) is 5.68. The molecule has 0 fully saturated rings. The molecule has 0 amide bonds. The molecule has 3 nitrogen and oxygen atoms in total. The van der Waals surface area contributed by atoms with Gasteiger partial charge in [0.2, 0.25) is 0 Å². The van der Waals surface area contributed by atoms with Gasteiger partial charge in [-0.05, 0) is 25.0 Å². The molecule has 1 heterocycles. The average Bonchev–Trinajstić information content (AvgIpc) is 2.47. The number of aryl methyl sites for hydroxylation is 1. The van der Waals surface area contributed by atoms with Crippen molar-refractivity contribution < 1.29 is 0 Å². The van der Waals surface area contributed by atoms with Gasteiger partial charge in [0.25, 0.3) is 0 Å². The average molecular weight is 277 g/mol. The van der Waals surface area contributed by atoms with Crippen LogP contribution in [0, 0.1) is 6.92 Å². The molecule has 1 unspecified atom stereocenters. The fourth-order valence-electron chi connectivity index (χ4n) is 2.64. The zero-order valence-corrected chi connectivity index (χ0v) is 13.2. The lowest BCUT2D eigenvalue weighted by Gasteiger charge is -2.17. The summed E-state index contributed by atoms with van der Waals surface area (Å²) in [6.45, 7) is 4.36. The molecule has 0 aromatic carbocycles. The van der Waals surface area contributed by atoms with E-state index < -0.39 is 0 Å². The van der Waals surface area contributed by atoms with Crippen LogP contribution in [0.2, 0.25) is 0 Å². The Bertz CT molecular complexity index is 352. The molecule has 1 atom stereocenters. The van der Waals surface area contributed by atoms with E-state index in [-0.39, 0.29) is 6.04 Å². The molecule has 0 saturated carbocycles. The van der Waals surface area contributed by atoms with Crippen molar-refractivity contribution in [2.75, 3.05) is 0 Å². The van der Waals surface area contributed by atoms with Crippen LogP contribution in [0.5, 0.6) is 0 Å². The van der Waals surface area contributed by atoms with E-state index in [2.05, 4.69) is 30.3 Å². The molecule has 0 radical (unpaired) electrons. The standard InChI is InChI=1S/C17H31N3/c1-3-4-5-6-7-8-9-10-13-16(20-18)17-15(2)12-11-14-19-17/h11-12,14,16,20H,3-10,13,18H2,1-2H3. The van der Waals surface area contributed by atoms with Gasteiger partial charge in [-0.15, -0.1) is 0 Å². The number of hydrogen-bond acceptors (Lipinski definition) is 3. The lowest BCUT2D eigenvalue weighted by molar-refractivity contribution is 0.465. The monoisotopic (exact) mass is 277 g/mol. The van der Waals surface area contributed by atoms with Gasteiger partial charge in [0, 0.05) is 6.20 Å². The van der Waals surface area contributed by atoms with E-state index in [0.29, 0.717) is 0 Å². The van der Waals surface area contributed by atoms with Crippen LogP contribution < -0.4 is 11.3 Å². The van der Waals surface area contributed by atoms with E-state index in [4.69, 9.17) is 5.84 Å². The highest BCUT2D eigenvalue weighted by Crippen LogP contribution is 2.20. The van der Waals surface area contributed by atoms with Crippen molar-refractivity contribution in [1.29, 1.82) is 0 Å². The van der Waals surface area contributed by atoms with Gasteiger partial charge >= 0.3 is 0 Å². The molecule has 3 heteroatoms. The predicted octanol–water partition coefficient (Wildman–Crippen LogP) is 4.43. The Hall–Kier alpha value is -0.930. The van der Waals surface area contributed by atoms with Crippen LogP contribution in [-0.4, -0.2) is 4.98 Å². The number of hydrogen-bond donors (Lipinski definition) is 2. The molecule has 1 rings (SSSR count). The number of nitrogens with two attached hydrogens (primary N) is 1. The largest absolute Gasteiger partial charge is 0.271 e. The van der Waals surface area contributed by atoms with E-state index in [0.717, 1.165) is 12.1 Å². The zero-order chi connectivity index (χ0) is 14.6. The smallest absolute Gasteiger partial charge is 0.0634 e. The van der Waals surface area contributed by atoms with Crippen LogP contribution in [-0.2, 0) is 0 Å². The van der Waals surface area contributed by atoms with Crippen molar-refractivity contribution in [2.24, 2.45) is 5.84 Å². The van der Waals surface area contributed by atoms with Crippen molar-refractivity contribution in [2.45, 2.75) is 77.7 Å². The molecular formula is C17H31N3. The van der Waals surface area contributed by atoms with Crippen molar-refractivity contribution >= 4 is 0 Å². The Balaban J connectivity index is 2.18. The Morgan fingerprint density at radius 1 is 1.10 bits per heavy atom. The Labute approximate surface area is 124 Å². The molecule has 0 aliphatic heterocycles. The summed E-state index contributed by atoms with van der Waals surface area (Å²) in [5.41, 5.74) is 5.23. The molecule has 0 bridgehead atoms. The minimum Gasteiger partial charge on any atom is -0.271 e. The first-order valence-corrected chi connectivity index (χ1v) is 8.17. The number of hydrazine groups is 1. The van der Waals surface area contributed by atoms with Crippen molar-refractivity contribution in [1.82, 2.24) is 10.4 Å². The predicted molar refractivity (Wildman–Crippen MR) is 86.3 cm³/mol. The Kier molecular flexibility index (Phi) is 9.25. The summed E-state index contributed by atoms with van der Waals surface area (Å²) in [6.07, 6.45) is 13.7. The Morgan fingerprint density at radius 3 is 2.35 bits per heavy atom. The second-order valence-corrected chi connectivity index (χ2v) is 5.69. The number of rotatable bonds is 11. The summed E-state index contributed by atoms with van der Waals surface area (Å²) in [6, 6.07) is 4.26. The minimum atomic E-state index is 0.191. The number of pyridine rings is 1. The molecule has 0 aliphatic carbocycles. The Morgan fingerprint density at radius 2 is 1.75 bits per heavy atom. The second kappa shape index (κ2) is 10.8. The lowest BCUT2D eigenvalue weighted by Crippen LogP contribution is -2.29. The fraction of sp³-hybridized carbons (Fsp3) is 0.706. The third kappa shape index (κ3) is 6.49. The van der Waals surface area contributed by atoms with Crippen LogP contribution in [0.15, 0.2) is 18.3 Å². The zero-order valence-electron chi connectivity index (χ0n) is 13.2. The summed E-state index contributed by atoms with van der Waals surface area (Å²) in [5, 5.41) is 0. The quantitative estimate of drug-likeness (QED) is 0.357. The van der Waals surface area contributed by atoms with Gasteiger partial charge in [0.15, 0.2) is 0 Å². The highest BCUT2D eigenvalue weighted by molar-refractivity contribution is 5.20. The molecule has 1 aromatic rings. The summed E-state index contributed by atoms with van der Waals surface area (Å²) < 4.78 is 0. The van der Waals surface area contributed by atoms with Gasteiger partial charge in [-0.3, -0.25) is 16.3 Å². The van der Waals surface area contributed by atoms with Gasteiger partial charge in [0.05, 0.1) is 11.7 Å². The van der Waals surface area contributed by atoms with Crippen molar-refractivity contribution in [3.8, 4) is 0 Å². The number of nitrogens with one attached hydrogen (secondary N) is 1. The van der Waals surface area contributed by atoms with Crippen LogP contribution in [0.1, 0.15) is 82.0 Å². The summed E-state index contributed by atoms with van der Waals surface area (Å²) in [7, 11) is 0. The van der Waals surface area contributed by atoms with Gasteiger partial charge in [-0.25, -0.2) is 0 Å². The topological polar surface area (TPSA) is 50.9 Å². The van der Waals surface area contributed by atoms with E-state index in [1.807, 2.05) is 12.3 Å². The first-order valence-electron chi connectivity index (χ1n) is 8.17. The second-order valence-electron chi connectivity index (χ2n) is 5.69. The van der Waals surface area contributed by atoms with Crippen LogP contribution in [0.25, 0.3) is 0 Å². The fourth-order valence-corrected chi connectivity index (χ4v) is 2.64. The van der Waals surface area contributed by atoms with Crippen LogP contribution in [0.3, 0.4) is 0 Å². The van der Waals surface area contributed by atoms with Crippen LogP contribution >= 0.6 is 0 Å². The molecule has 114 valence electrons. The van der Waals surface area contributed by atoms with Crippen molar-refractivity contribution in [3.05, 3.63) is 29.6 Å². The van der Waals surface area contributed by atoms with E-state index in [1.54, 1.807) is 0 Å². The number of aromatic nitrogens is 1. The van der Waals surface area contributed by atoms with E-state index >= 15 is 0 Å². The molecule has 0 saturated heterocycles. The maximum absolute atomic E-state index is 5.68. The highest BCUT2D eigenvalue weighted by atomic mass is 15.2. The maximum Gasteiger partial charge on any atom is 0.0634 e. The first kappa shape index (κ1) is 17.1. The molecule has 0 aliphatic rings. The van der Waals surface area contributed by atoms with Crippen molar-refractivity contribution in [3.63, 3.8) is 0 Å². The van der Waals surface area contributed by atoms with Gasteiger partial charge < -0.3 is 0 Å². The number of nitrogens with zero attached hydrogens (tertiary/aromatic N) is 1.